The monoisotopic (exact) mass is 1800 g/mol. The van der Waals surface area contributed by atoms with Gasteiger partial charge in [-0.25, -0.2) is 32.9 Å². The van der Waals surface area contributed by atoms with Crippen molar-refractivity contribution in [2.75, 3.05) is 86.3 Å². The van der Waals surface area contributed by atoms with E-state index >= 15 is 0 Å². The summed E-state index contributed by atoms with van der Waals surface area (Å²) >= 11 is 12.1. The Morgan fingerprint density at radius 3 is 1.25 bits per heavy atom. The summed E-state index contributed by atoms with van der Waals surface area (Å²) in [6.45, 7) is 15.6. The summed E-state index contributed by atoms with van der Waals surface area (Å²) < 4.78 is 156. The molecule has 0 radical (unpaired) electrons. The van der Waals surface area contributed by atoms with Gasteiger partial charge in [0.05, 0.1) is 77.2 Å². The number of carbonyl (C=O) groups excluding carboxylic acids is 3. The van der Waals surface area contributed by atoms with Gasteiger partial charge in [-0.15, -0.1) is 0 Å². The molecule has 20 nitrogen and oxygen atoms in total. The lowest BCUT2D eigenvalue weighted by Crippen LogP contribution is -2.46. The number of aliphatic hydroxyl groups is 5. The first-order chi connectivity index (χ1) is 60.1. The molecule has 1 amide bonds. The molecule has 3 aliphatic rings. The molecule has 3 aliphatic heterocycles. The number of amides is 1. The van der Waals surface area contributed by atoms with E-state index in [-0.39, 0.29) is 98.6 Å². The van der Waals surface area contributed by atoms with Crippen LogP contribution in [0.2, 0.25) is 10.0 Å². The minimum atomic E-state index is -5.20. The zero-order chi connectivity index (χ0) is 91.9. The van der Waals surface area contributed by atoms with Crippen molar-refractivity contribution in [2.24, 2.45) is 0 Å². The molecule has 0 aliphatic carbocycles. The van der Waals surface area contributed by atoms with Gasteiger partial charge in [-0.1, -0.05) is 83.9 Å². The second kappa shape index (κ2) is 42.1. The first-order valence-corrected chi connectivity index (χ1v) is 42.1. The standard InChI is InChI=1S/C37H37ClF4N2O5.C30H35ClFN3O3.C29H30F4N2O5/c1-23(45)22-49-33-11-9-26(18-34(33)48-2)32(46)12-14-36(47,37(40,41)42)35-19-27(17-31(43-35)25-8-10-30(39)29(38)16-25)28-20-44(21-28)15-13-24-6-4-3-5-7-24;1-29(2,3)38-28(36)33-19-30(4,37)27-16-22(15-26(34-27)21-10-11-25(32)24(31)14-21)23-17-35(18-23)13-12-20-8-6-5-7-9-20;1-17(36)16-40-25-8-5-19(12-26(25)39-2)24(37)9-10-28(38,29(31,32)33)27-13-20(21-14-34-15-21)11-23(35-27)18-3-6-22(30)7-4-18/h3-11,16-19,23,28,45,47H,12-15,20-22H2,1-2H3;5-11,14-16,23,37H,12-13,17-19H2,1-4H3,(H,33,36);3-8,11-13,17,21,34,36,38H,9-10,14-16H2,1-2H3/t23-,36?;;17-,28?/m1.1/s1. The Morgan fingerprint density at radius 1 is 0.496 bits per heavy atom. The molecule has 127 heavy (non-hydrogen) atoms. The van der Waals surface area contributed by atoms with E-state index in [9.17, 15) is 79.4 Å². The van der Waals surface area contributed by atoms with Crippen LogP contribution < -0.4 is 29.6 Å². The number of halogens is 11. The Kier molecular flexibility index (Phi) is 32.2. The van der Waals surface area contributed by atoms with Crippen LogP contribution in [-0.2, 0) is 34.4 Å². The maximum absolute atomic E-state index is 14.8. The average molecular weight is 1800 g/mol. The number of nitrogens with one attached hydrogen (secondary N) is 2. The number of aromatic nitrogens is 3. The van der Waals surface area contributed by atoms with Gasteiger partial charge in [0.25, 0.3) is 0 Å². The molecule has 3 aromatic heterocycles. The fourth-order valence-electron chi connectivity index (χ4n) is 14.4. The van der Waals surface area contributed by atoms with Crippen molar-refractivity contribution < 1.29 is 103 Å². The van der Waals surface area contributed by atoms with E-state index < -0.39 is 119 Å². The van der Waals surface area contributed by atoms with Crippen molar-refractivity contribution in [1.82, 2.24) is 35.4 Å². The summed E-state index contributed by atoms with van der Waals surface area (Å²) in [5, 5.41) is 58.3. The number of Topliss-reactive ketones (excluding diaryl/α,β-unsaturated/α-hetero) is 2. The predicted octanol–water partition coefficient (Wildman–Crippen LogP) is 18.0. The highest BCUT2D eigenvalue weighted by Crippen LogP contribution is 2.47. The van der Waals surface area contributed by atoms with E-state index in [1.54, 1.807) is 45.9 Å². The predicted molar refractivity (Wildman–Crippen MR) is 464 cm³/mol. The van der Waals surface area contributed by atoms with Gasteiger partial charge >= 0.3 is 18.4 Å². The summed E-state index contributed by atoms with van der Waals surface area (Å²) in [6.07, 6.45) is -14.0. The minimum absolute atomic E-state index is 0.00494. The summed E-state index contributed by atoms with van der Waals surface area (Å²) in [5.41, 5.74) is -3.05. The van der Waals surface area contributed by atoms with Crippen molar-refractivity contribution in [2.45, 2.75) is 145 Å². The van der Waals surface area contributed by atoms with Crippen molar-refractivity contribution in [3.8, 4) is 56.8 Å². The fourth-order valence-corrected chi connectivity index (χ4v) is 14.8. The highest BCUT2D eigenvalue weighted by atomic mass is 35.5. The summed E-state index contributed by atoms with van der Waals surface area (Å²) in [4.78, 5) is 56.0. The molecule has 3 unspecified atom stereocenters. The van der Waals surface area contributed by atoms with E-state index in [2.05, 4.69) is 54.7 Å². The van der Waals surface area contributed by atoms with Crippen LogP contribution in [0.15, 0.2) is 194 Å². The number of rotatable bonds is 33. The van der Waals surface area contributed by atoms with Crippen LogP contribution in [0.5, 0.6) is 23.0 Å². The van der Waals surface area contributed by atoms with Crippen LogP contribution in [-0.4, -0.2) is 184 Å². The normalized spacial score (nSPS) is 15.9. The van der Waals surface area contributed by atoms with Gasteiger partial charge in [0.1, 0.15) is 41.9 Å². The third-order valence-electron chi connectivity index (χ3n) is 22.0. The van der Waals surface area contributed by atoms with Gasteiger partial charge in [-0.2, -0.15) is 26.3 Å². The average Bonchev–Trinajstić information content (AvgIpc) is 0.806. The van der Waals surface area contributed by atoms with E-state index in [1.165, 1.54) is 136 Å². The Labute approximate surface area is 741 Å². The molecule has 0 saturated carbocycles. The van der Waals surface area contributed by atoms with Crippen LogP contribution in [0.1, 0.15) is 151 Å². The van der Waals surface area contributed by atoms with Gasteiger partial charge < -0.3 is 69.7 Å². The molecule has 6 heterocycles. The third kappa shape index (κ3) is 25.7. The van der Waals surface area contributed by atoms with Crippen LogP contribution in [0, 0.1) is 17.5 Å². The lowest BCUT2D eigenvalue weighted by atomic mass is 9.85. The van der Waals surface area contributed by atoms with E-state index in [1.807, 2.05) is 48.5 Å². The molecule has 3 fully saturated rings. The van der Waals surface area contributed by atoms with Crippen molar-refractivity contribution in [1.29, 1.82) is 0 Å². The SMILES string of the molecule is CC(C)(C)OC(=O)NCC(C)(O)c1cc(C2CN(CCc3ccccc3)C2)cc(-c2ccc(F)c(Cl)c2)n1.COc1cc(C(=O)CCC(O)(c2cc(C3CN(CCc4ccccc4)C3)cc(-c3ccc(F)c(Cl)c3)n2)C(F)(F)F)ccc1OC[C@@H](C)O.COc1cc(C(=O)CCC(O)(c2cc(C3CNC3)cc(-c3ccc(F)cc3)n2)C(F)(F)F)ccc1OC[C@@H](C)O. The van der Waals surface area contributed by atoms with Crippen LogP contribution in [0.4, 0.5) is 44.3 Å². The highest BCUT2D eigenvalue weighted by Gasteiger charge is 2.58. The van der Waals surface area contributed by atoms with E-state index in [0.29, 0.717) is 59.8 Å². The number of alkyl halides is 6. The number of aliphatic hydroxyl groups excluding tert-OH is 2. The first kappa shape index (κ1) is 97.1. The highest BCUT2D eigenvalue weighted by molar-refractivity contribution is 6.31. The molecule has 13 rings (SSSR count). The topological polar surface area (TPSA) is 268 Å². The Balaban J connectivity index is 0.000000187. The largest absolute Gasteiger partial charge is 0.493 e. The lowest BCUT2D eigenvalue weighted by molar-refractivity contribution is -0.270. The molecule has 0 spiro atoms. The minimum Gasteiger partial charge on any atom is -0.493 e. The van der Waals surface area contributed by atoms with Gasteiger partial charge in [0.15, 0.2) is 34.6 Å². The maximum atomic E-state index is 14.8. The number of nitrogens with zero attached hydrogens (tertiary/aromatic N) is 5. The number of methoxy groups -OCH3 is 2. The molecule has 0 bridgehead atoms. The zero-order valence-corrected chi connectivity index (χ0v) is 72.8. The molecule has 3 saturated heterocycles. The Morgan fingerprint density at radius 2 is 0.882 bits per heavy atom. The molecule has 5 atom stereocenters. The number of carbonyl (C=O) groups is 3. The molecular formula is C96H102Cl2F9N7O13. The number of ketones is 2. The second-order valence-corrected chi connectivity index (χ2v) is 34.1. The molecule has 31 heteroatoms. The number of pyridine rings is 3. The Bertz CT molecular complexity index is 5430. The zero-order valence-electron chi connectivity index (χ0n) is 71.3. The first-order valence-electron chi connectivity index (χ1n) is 41.4. The number of hydrogen-bond acceptors (Lipinski definition) is 19. The fraction of sp³-hybridized carbons (Fsp3) is 0.375. The van der Waals surface area contributed by atoms with Gasteiger partial charge in [0.2, 0.25) is 11.2 Å². The molecular weight excluding hydrogens is 1700 g/mol. The molecule has 676 valence electrons. The van der Waals surface area contributed by atoms with Gasteiger partial charge in [0, 0.05) is 111 Å². The third-order valence-corrected chi connectivity index (χ3v) is 22.6. The number of ether oxygens (including phenoxy) is 5. The summed E-state index contributed by atoms with van der Waals surface area (Å²) in [6, 6.07) is 51.6. The van der Waals surface area contributed by atoms with Crippen LogP contribution in [0.3, 0.4) is 0 Å². The van der Waals surface area contributed by atoms with E-state index in [0.717, 1.165) is 50.7 Å². The quantitative estimate of drug-likeness (QED) is 0.0149. The van der Waals surface area contributed by atoms with Crippen molar-refractivity contribution >= 4 is 40.9 Å². The number of alkyl carbamates (subject to hydrolysis) is 1. The number of hydrogen-bond donors (Lipinski definition) is 7. The van der Waals surface area contributed by atoms with Gasteiger partial charge in [-0.3, -0.25) is 9.59 Å². The smallest absolute Gasteiger partial charge is 0.422 e. The van der Waals surface area contributed by atoms with E-state index in [4.69, 9.17) is 51.9 Å². The van der Waals surface area contributed by atoms with Crippen LogP contribution in [0.25, 0.3) is 33.8 Å². The van der Waals surface area contributed by atoms with Crippen molar-refractivity contribution in [3.05, 3.63) is 278 Å². The van der Waals surface area contributed by atoms with Gasteiger partial charge in [-0.05, 0) is 229 Å². The Hall–Kier alpha value is -10.6. The molecule has 7 N–H and O–H groups in total. The molecule has 7 aromatic carbocycles. The molecule has 10 aromatic rings. The van der Waals surface area contributed by atoms with Crippen molar-refractivity contribution in [3.63, 3.8) is 0 Å². The summed E-state index contributed by atoms with van der Waals surface area (Å²) in [7, 11) is 2.69. The number of benzene rings is 7. The lowest BCUT2D eigenvalue weighted by Gasteiger charge is -2.40. The maximum Gasteiger partial charge on any atom is 0.422 e. The second-order valence-electron chi connectivity index (χ2n) is 33.3. The summed E-state index contributed by atoms with van der Waals surface area (Å²) in [5.74, 6) is -2.16. The van der Waals surface area contributed by atoms with Crippen LogP contribution >= 0.6 is 23.2 Å². The number of likely N-dealkylation sites (tertiary alicyclic amines) is 2.